The first-order chi connectivity index (χ1) is 17.0. The van der Waals surface area contributed by atoms with Crippen LogP contribution in [0.5, 0.6) is 5.75 Å². The topological polar surface area (TPSA) is 67.2 Å². The minimum absolute atomic E-state index is 0.0342. The molecule has 35 heavy (non-hydrogen) atoms. The molecule has 3 aromatic heterocycles. The van der Waals surface area contributed by atoms with E-state index >= 15 is 0 Å². The van der Waals surface area contributed by atoms with Crippen LogP contribution in [0.2, 0.25) is 0 Å². The average Bonchev–Trinajstić information content (AvgIpc) is 2.90. The number of ether oxygens (including phenoxy) is 1. The van der Waals surface area contributed by atoms with Crippen LogP contribution in [0.3, 0.4) is 0 Å². The number of aromatic nitrogens is 2. The Morgan fingerprint density at radius 3 is 2.43 bits per heavy atom. The van der Waals surface area contributed by atoms with Crippen molar-refractivity contribution in [1.29, 1.82) is 0 Å². The summed E-state index contributed by atoms with van der Waals surface area (Å²) in [6.07, 6.45) is 1.79. The van der Waals surface area contributed by atoms with E-state index in [1.807, 2.05) is 78.6 Å². The Morgan fingerprint density at radius 1 is 0.943 bits per heavy atom. The number of piperazine rings is 1. The summed E-state index contributed by atoms with van der Waals surface area (Å²) in [6, 6.07) is 21.0. The highest BCUT2D eigenvalue weighted by Gasteiger charge is 2.22. The molecule has 0 bridgehead atoms. The third-order valence-corrected chi connectivity index (χ3v) is 6.52. The fourth-order valence-electron chi connectivity index (χ4n) is 4.46. The third-order valence-electron chi connectivity index (χ3n) is 6.52. The van der Waals surface area contributed by atoms with Gasteiger partial charge in [-0.15, -0.1) is 0 Å². The van der Waals surface area contributed by atoms with E-state index in [2.05, 4.69) is 9.88 Å². The molecule has 0 spiro atoms. The zero-order valence-corrected chi connectivity index (χ0v) is 20.0. The monoisotopic (exact) mass is 468 g/mol. The van der Waals surface area contributed by atoms with E-state index in [0.717, 1.165) is 35.7 Å². The summed E-state index contributed by atoms with van der Waals surface area (Å²) in [6.45, 7) is 6.87. The molecule has 1 aliphatic rings. The van der Waals surface area contributed by atoms with E-state index in [0.29, 0.717) is 36.6 Å². The van der Waals surface area contributed by atoms with Crippen LogP contribution in [-0.2, 0) is 6.61 Å². The molecule has 1 fully saturated rings. The molecule has 4 aromatic rings. The predicted octanol–water partition coefficient (Wildman–Crippen LogP) is 3.85. The molecule has 0 atom stereocenters. The molecule has 178 valence electrons. The van der Waals surface area contributed by atoms with Gasteiger partial charge in [-0.05, 0) is 55.8 Å². The standard InChI is InChI=1S/C28H28N4O3/c1-20-6-5-7-24-18-25(21(2)27(33)32(20)24)35-19-22-9-11-23(12-10-22)28(34)31-16-14-30(15-17-31)26-8-3-4-13-29-26/h3-13,18H,14-17,19H2,1-2H3. The zero-order chi connectivity index (χ0) is 24.4. The number of rotatable bonds is 5. The van der Waals surface area contributed by atoms with Crippen molar-refractivity contribution in [3.63, 3.8) is 0 Å². The van der Waals surface area contributed by atoms with Gasteiger partial charge in [0.05, 0.1) is 11.1 Å². The van der Waals surface area contributed by atoms with Gasteiger partial charge in [0, 0.05) is 49.7 Å². The molecule has 0 saturated carbocycles. The van der Waals surface area contributed by atoms with Gasteiger partial charge in [0.2, 0.25) is 0 Å². The highest BCUT2D eigenvalue weighted by Crippen LogP contribution is 2.20. The second kappa shape index (κ2) is 9.62. The molecular weight excluding hydrogens is 440 g/mol. The Hall–Kier alpha value is -4.13. The van der Waals surface area contributed by atoms with Crippen molar-refractivity contribution in [2.75, 3.05) is 31.1 Å². The van der Waals surface area contributed by atoms with E-state index in [9.17, 15) is 9.59 Å². The summed E-state index contributed by atoms with van der Waals surface area (Å²) < 4.78 is 7.70. The minimum atomic E-state index is -0.0697. The molecule has 7 heteroatoms. The number of amides is 1. The van der Waals surface area contributed by atoms with E-state index < -0.39 is 0 Å². The summed E-state index contributed by atoms with van der Waals surface area (Å²) in [5, 5.41) is 0. The van der Waals surface area contributed by atoms with Crippen molar-refractivity contribution in [2.24, 2.45) is 0 Å². The van der Waals surface area contributed by atoms with Crippen LogP contribution in [0.15, 0.2) is 77.7 Å². The Morgan fingerprint density at radius 2 is 1.71 bits per heavy atom. The van der Waals surface area contributed by atoms with E-state index in [1.54, 1.807) is 17.5 Å². The summed E-state index contributed by atoms with van der Waals surface area (Å²) in [4.78, 5) is 34.3. The SMILES string of the molecule is Cc1c(OCc2ccc(C(=O)N3CCN(c4ccccn4)CC3)cc2)cc2cccc(C)n2c1=O. The third kappa shape index (κ3) is 4.62. The van der Waals surface area contributed by atoms with Crippen LogP contribution in [0.25, 0.3) is 5.52 Å². The number of fused-ring (bicyclic) bond motifs is 1. The number of aryl methyl sites for hydroxylation is 1. The van der Waals surface area contributed by atoms with Crippen molar-refractivity contribution in [1.82, 2.24) is 14.3 Å². The second-order valence-electron chi connectivity index (χ2n) is 8.82. The highest BCUT2D eigenvalue weighted by molar-refractivity contribution is 5.94. The Kier molecular flexibility index (Phi) is 6.23. The Labute approximate surface area is 204 Å². The van der Waals surface area contributed by atoms with Gasteiger partial charge in [0.25, 0.3) is 11.5 Å². The maximum Gasteiger partial charge on any atom is 0.261 e. The molecule has 1 amide bonds. The van der Waals surface area contributed by atoms with E-state index in [4.69, 9.17) is 4.74 Å². The van der Waals surface area contributed by atoms with Crippen LogP contribution < -0.4 is 15.2 Å². The quantitative estimate of drug-likeness (QED) is 0.445. The van der Waals surface area contributed by atoms with Gasteiger partial charge in [-0.1, -0.05) is 24.3 Å². The largest absolute Gasteiger partial charge is 0.488 e. The smallest absolute Gasteiger partial charge is 0.261 e. The van der Waals surface area contributed by atoms with Gasteiger partial charge in [0.1, 0.15) is 18.2 Å². The number of nitrogens with zero attached hydrogens (tertiary/aromatic N) is 4. The summed E-state index contributed by atoms with van der Waals surface area (Å²) in [5.41, 5.74) is 3.80. The van der Waals surface area contributed by atoms with Gasteiger partial charge < -0.3 is 14.5 Å². The van der Waals surface area contributed by atoms with E-state index in [1.165, 1.54) is 0 Å². The molecule has 4 heterocycles. The van der Waals surface area contributed by atoms with E-state index in [-0.39, 0.29) is 11.5 Å². The average molecular weight is 469 g/mol. The number of pyridine rings is 3. The lowest BCUT2D eigenvalue weighted by Crippen LogP contribution is -2.49. The van der Waals surface area contributed by atoms with Crippen molar-refractivity contribution < 1.29 is 9.53 Å². The lowest BCUT2D eigenvalue weighted by molar-refractivity contribution is 0.0746. The molecule has 0 N–H and O–H groups in total. The van der Waals surface area contributed by atoms with Crippen molar-refractivity contribution in [3.8, 4) is 5.75 Å². The second-order valence-corrected chi connectivity index (χ2v) is 8.82. The number of benzene rings is 1. The molecule has 1 saturated heterocycles. The van der Waals surface area contributed by atoms with Crippen LogP contribution in [0, 0.1) is 13.8 Å². The molecule has 0 unspecified atom stereocenters. The van der Waals surface area contributed by atoms with Crippen molar-refractivity contribution in [3.05, 3.63) is 106 Å². The normalized spacial score (nSPS) is 13.8. The molecule has 0 aliphatic carbocycles. The summed E-state index contributed by atoms with van der Waals surface area (Å²) in [5.74, 6) is 1.56. The van der Waals surface area contributed by atoms with Crippen molar-refractivity contribution in [2.45, 2.75) is 20.5 Å². The molecule has 1 aromatic carbocycles. The first-order valence-electron chi connectivity index (χ1n) is 11.8. The highest BCUT2D eigenvalue weighted by atomic mass is 16.5. The molecule has 1 aliphatic heterocycles. The fraction of sp³-hybridized carbons (Fsp3) is 0.250. The predicted molar refractivity (Wildman–Crippen MR) is 136 cm³/mol. The van der Waals surface area contributed by atoms with Gasteiger partial charge >= 0.3 is 0 Å². The lowest BCUT2D eigenvalue weighted by atomic mass is 10.1. The maximum atomic E-state index is 13.0. The van der Waals surface area contributed by atoms with Crippen molar-refractivity contribution >= 4 is 17.2 Å². The Bertz CT molecular complexity index is 1410. The molecular formula is C28H28N4O3. The first-order valence-corrected chi connectivity index (χ1v) is 11.8. The van der Waals surface area contributed by atoms with Crippen LogP contribution in [0.4, 0.5) is 5.82 Å². The van der Waals surface area contributed by atoms with Gasteiger partial charge in [-0.2, -0.15) is 0 Å². The maximum absolute atomic E-state index is 13.0. The molecule has 0 radical (unpaired) electrons. The number of hydrogen-bond donors (Lipinski definition) is 0. The first kappa shape index (κ1) is 22.7. The van der Waals surface area contributed by atoms with Crippen LogP contribution >= 0.6 is 0 Å². The fourth-order valence-corrected chi connectivity index (χ4v) is 4.46. The molecule has 5 rings (SSSR count). The number of anilines is 1. The zero-order valence-electron chi connectivity index (χ0n) is 20.0. The van der Waals surface area contributed by atoms with Gasteiger partial charge in [0.15, 0.2) is 0 Å². The minimum Gasteiger partial charge on any atom is -0.488 e. The van der Waals surface area contributed by atoms with Crippen LogP contribution in [0.1, 0.15) is 27.2 Å². The number of hydrogen-bond acceptors (Lipinski definition) is 5. The van der Waals surface area contributed by atoms with Gasteiger partial charge in [-0.25, -0.2) is 4.98 Å². The number of carbonyl (C=O) groups is 1. The Balaban J connectivity index is 1.22. The number of carbonyl (C=O) groups excluding carboxylic acids is 1. The van der Waals surface area contributed by atoms with Gasteiger partial charge in [-0.3, -0.25) is 14.0 Å². The summed E-state index contributed by atoms with van der Waals surface area (Å²) in [7, 11) is 0. The van der Waals surface area contributed by atoms with Crippen LogP contribution in [-0.4, -0.2) is 46.4 Å². The molecule has 7 nitrogen and oxygen atoms in total. The summed E-state index contributed by atoms with van der Waals surface area (Å²) >= 11 is 0. The lowest BCUT2D eigenvalue weighted by Gasteiger charge is -2.35.